The van der Waals surface area contributed by atoms with Gasteiger partial charge in [-0.1, -0.05) is 0 Å². The molecule has 7 heavy (non-hydrogen) atoms. The first-order valence-electron chi connectivity index (χ1n) is 2.11. The van der Waals surface area contributed by atoms with E-state index in [0.29, 0.717) is 3.54 Å². The van der Waals surface area contributed by atoms with Gasteiger partial charge in [0.15, 0.2) is 0 Å². The molecule has 0 N–H and O–H groups in total. The van der Waals surface area contributed by atoms with E-state index in [1.807, 2.05) is 9.91 Å². The van der Waals surface area contributed by atoms with Crippen molar-refractivity contribution in [2.24, 2.45) is 0 Å². The summed E-state index contributed by atoms with van der Waals surface area (Å²) in [7, 11) is 0. The fourth-order valence-electron chi connectivity index (χ4n) is 0.420. The molecule has 0 aromatic rings. The molecule has 0 aromatic heterocycles. The second kappa shape index (κ2) is 2.36. The molecule has 2 heteroatoms. The van der Waals surface area contributed by atoms with Crippen LogP contribution in [0, 0.1) is 0 Å². The summed E-state index contributed by atoms with van der Waals surface area (Å²) in [5, 5.41) is 0. The van der Waals surface area contributed by atoms with E-state index in [4.69, 9.17) is 0 Å². The van der Waals surface area contributed by atoms with Gasteiger partial charge in [0.1, 0.15) is 0 Å². The molecule has 0 atom stereocenters. The molecular formula is C5H4InO. The van der Waals surface area contributed by atoms with Crippen molar-refractivity contribution < 1.29 is 4.79 Å². The van der Waals surface area contributed by atoms with Gasteiger partial charge in [0.05, 0.1) is 0 Å². The zero-order chi connectivity index (χ0) is 5.11. The third kappa shape index (κ3) is 1.51. The molecule has 0 aromatic carbocycles. The first-order valence-corrected chi connectivity index (χ1v) is 5.67. The van der Waals surface area contributed by atoms with Crippen molar-refractivity contribution in [3.05, 3.63) is 22.1 Å². The number of hydrogen-bond acceptors (Lipinski definition) is 1. The molecule has 1 rings (SSSR count). The molecule has 0 spiro atoms. The molecule has 1 nitrogen and oxygen atoms in total. The Balaban J connectivity index is 2.66. The van der Waals surface area contributed by atoms with Crippen LogP contribution in [0.4, 0.5) is 0 Å². The van der Waals surface area contributed by atoms with Crippen LogP contribution >= 0.6 is 0 Å². The fraction of sp³-hybridized carbons (Fsp3) is 0. The van der Waals surface area contributed by atoms with E-state index in [2.05, 4.69) is 0 Å². The number of allylic oxidation sites excluding steroid dienone is 3. The van der Waals surface area contributed by atoms with Crippen LogP contribution in [0.1, 0.15) is 0 Å². The Kier molecular flexibility index (Phi) is 1.74. The predicted molar refractivity (Wildman–Crippen MR) is 29.0 cm³/mol. The molecule has 1 aliphatic heterocycles. The van der Waals surface area contributed by atoms with Crippen molar-refractivity contribution in [2.45, 2.75) is 0 Å². The van der Waals surface area contributed by atoms with E-state index >= 15 is 0 Å². The molecule has 33 valence electrons. The van der Waals surface area contributed by atoms with Gasteiger partial charge in [-0.15, -0.1) is 0 Å². The third-order valence-electron chi connectivity index (χ3n) is 0.743. The molecular weight excluding hydrogens is 191 g/mol. The van der Waals surface area contributed by atoms with E-state index < -0.39 is 22.9 Å². The second-order valence-corrected chi connectivity index (χ2v) is 4.99. The molecule has 0 saturated carbocycles. The van der Waals surface area contributed by atoms with Crippen LogP contribution in [0.5, 0.6) is 0 Å². The first-order chi connectivity index (χ1) is 3.39. The van der Waals surface area contributed by atoms with Gasteiger partial charge in [0.25, 0.3) is 0 Å². The minimum atomic E-state index is -0.861. The number of hydrogen-bond donors (Lipinski definition) is 0. The van der Waals surface area contributed by atoms with Crippen LogP contribution in [-0.2, 0) is 4.79 Å². The van der Waals surface area contributed by atoms with Gasteiger partial charge in [-0.3, -0.25) is 0 Å². The Hall–Kier alpha value is 0.0201. The molecule has 1 aliphatic rings. The zero-order valence-electron chi connectivity index (χ0n) is 3.79. The van der Waals surface area contributed by atoms with E-state index in [0.717, 1.165) is 0 Å². The standard InChI is InChI=1S/C5H4O.In/c1-2-3-4-5-6;/h1-4H;. The second-order valence-electron chi connectivity index (χ2n) is 1.31. The van der Waals surface area contributed by atoms with Gasteiger partial charge in [0, 0.05) is 0 Å². The summed E-state index contributed by atoms with van der Waals surface area (Å²) in [6.45, 7) is 0. The molecule has 0 unspecified atom stereocenters. The van der Waals surface area contributed by atoms with E-state index in [-0.39, 0.29) is 0 Å². The zero-order valence-corrected chi connectivity index (χ0v) is 7.09. The number of rotatable bonds is 0. The topological polar surface area (TPSA) is 17.1 Å². The van der Waals surface area contributed by atoms with Crippen molar-refractivity contribution in [1.29, 1.82) is 0 Å². The van der Waals surface area contributed by atoms with Crippen molar-refractivity contribution in [3.8, 4) is 0 Å². The SMILES string of the molecule is O=[C]1C=CC=[CH][In]1. The van der Waals surface area contributed by atoms with Gasteiger partial charge in [-0.2, -0.15) is 0 Å². The summed E-state index contributed by atoms with van der Waals surface area (Å²) in [6.07, 6.45) is 5.43. The summed E-state index contributed by atoms with van der Waals surface area (Å²) in [5.41, 5.74) is 0. The van der Waals surface area contributed by atoms with Gasteiger partial charge in [0.2, 0.25) is 0 Å². The van der Waals surface area contributed by atoms with Crippen LogP contribution in [0.25, 0.3) is 0 Å². The average Bonchev–Trinajstić information content (AvgIpc) is 1.69. The Morgan fingerprint density at radius 3 is 2.57 bits per heavy atom. The van der Waals surface area contributed by atoms with Crippen molar-refractivity contribution in [1.82, 2.24) is 0 Å². The Labute approximate surface area is 53.5 Å². The average molecular weight is 195 g/mol. The summed E-state index contributed by atoms with van der Waals surface area (Å²) < 4.78 is 2.43. The van der Waals surface area contributed by atoms with Gasteiger partial charge >= 0.3 is 53.3 Å². The van der Waals surface area contributed by atoms with Gasteiger partial charge in [-0.25, -0.2) is 0 Å². The Morgan fingerprint density at radius 1 is 1.43 bits per heavy atom. The number of carbonyl (C=O) groups excluding carboxylic acids is 1. The van der Waals surface area contributed by atoms with E-state index in [1.54, 1.807) is 12.2 Å². The van der Waals surface area contributed by atoms with Gasteiger partial charge < -0.3 is 0 Å². The monoisotopic (exact) mass is 195 g/mol. The summed E-state index contributed by atoms with van der Waals surface area (Å²) >= 11 is -0.861. The Bertz CT molecular complexity index is 135. The van der Waals surface area contributed by atoms with Crippen molar-refractivity contribution in [3.63, 3.8) is 0 Å². The normalized spacial score (nSPS) is 16.9. The molecule has 1 heterocycles. The first kappa shape index (κ1) is 5.16. The summed E-state index contributed by atoms with van der Waals surface area (Å²) in [6, 6.07) is 0. The maximum absolute atomic E-state index is 10.4. The van der Waals surface area contributed by atoms with Gasteiger partial charge in [-0.05, 0) is 0 Å². The molecule has 0 aliphatic carbocycles. The molecule has 0 bridgehead atoms. The quantitative estimate of drug-likeness (QED) is 0.543. The van der Waals surface area contributed by atoms with Crippen LogP contribution < -0.4 is 0 Å². The third-order valence-corrected chi connectivity index (χ3v) is 3.41. The predicted octanol–water partition coefficient (Wildman–Crippen LogP) is 0.301. The molecule has 0 saturated heterocycles. The number of carbonyl (C=O) groups is 1. The Morgan fingerprint density at radius 2 is 2.29 bits per heavy atom. The van der Waals surface area contributed by atoms with E-state index in [1.165, 1.54) is 0 Å². The van der Waals surface area contributed by atoms with Crippen LogP contribution in [0.2, 0.25) is 0 Å². The van der Waals surface area contributed by atoms with Crippen LogP contribution in [0.3, 0.4) is 0 Å². The van der Waals surface area contributed by atoms with Crippen LogP contribution in [-0.4, -0.2) is 26.4 Å². The molecule has 0 amide bonds. The molecule has 1 radical (unpaired) electrons. The minimum absolute atomic E-state index is 0.387. The van der Waals surface area contributed by atoms with Crippen molar-refractivity contribution in [2.75, 3.05) is 0 Å². The summed E-state index contributed by atoms with van der Waals surface area (Å²) in [5.74, 6) is 0. The summed E-state index contributed by atoms with van der Waals surface area (Å²) in [4.78, 5) is 10.4. The molecule has 0 fully saturated rings. The van der Waals surface area contributed by atoms with E-state index in [9.17, 15) is 4.79 Å². The van der Waals surface area contributed by atoms with Crippen LogP contribution in [0.15, 0.2) is 22.1 Å². The fourth-order valence-corrected chi connectivity index (χ4v) is 2.28. The maximum atomic E-state index is 10.4. The van der Waals surface area contributed by atoms with Crippen molar-refractivity contribution >= 4 is 26.4 Å².